The summed E-state index contributed by atoms with van der Waals surface area (Å²) in [5, 5.41) is 5.12. The molecule has 0 saturated carbocycles. The molecule has 0 spiro atoms. The molecule has 2 nitrogen and oxygen atoms in total. The fraction of sp³-hybridized carbons (Fsp3) is 0.0357. The molecule has 9 aromatic carbocycles. The first-order chi connectivity index (χ1) is 28.6. The molecule has 0 aliphatic rings. The van der Waals surface area contributed by atoms with E-state index in [2.05, 4.69) is 229 Å². The molecule has 274 valence electrons. The number of benzene rings is 9. The molecule has 0 unspecified atom stereocenters. The van der Waals surface area contributed by atoms with E-state index in [1.54, 1.807) is 0 Å². The number of aryl methyl sites for hydroxylation is 2. The van der Waals surface area contributed by atoms with Crippen molar-refractivity contribution in [1.82, 2.24) is 9.13 Å². The zero-order valence-corrected chi connectivity index (χ0v) is 32.5. The predicted molar refractivity (Wildman–Crippen MR) is 246 cm³/mol. The van der Waals surface area contributed by atoms with Crippen molar-refractivity contribution < 1.29 is 0 Å². The summed E-state index contributed by atoms with van der Waals surface area (Å²) in [5.41, 5.74) is 19.3. The van der Waals surface area contributed by atoms with Crippen LogP contribution in [0.4, 0.5) is 0 Å². The highest BCUT2D eigenvalue weighted by atomic mass is 15.0. The van der Waals surface area contributed by atoms with Gasteiger partial charge in [-0.15, -0.1) is 0 Å². The van der Waals surface area contributed by atoms with Gasteiger partial charge in [-0.25, -0.2) is 0 Å². The summed E-state index contributed by atoms with van der Waals surface area (Å²) in [4.78, 5) is 0. The number of fused-ring (bicyclic) bond motifs is 6. The maximum Gasteiger partial charge on any atom is 0.0541 e. The Morgan fingerprint density at radius 3 is 1.17 bits per heavy atom. The van der Waals surface area contributed by atoms with Crippen LogP contribution in [0.15, 0.2) is 206 Å². The SMILES string of the molecule is Cc1ccc2c(c1)c1ccccc1n2-c1ccc(-c2cc(-c3ccccc3)c(-c3ccccc3)c(-c3ccc(-n4c5ccccc5c5cc(C)ccc54)cc3)c2)cc1. The van der Waals surface area contributed by atoms with E-state index in [9.17, 15) is 0 Å². The molecule has 0 saturated heterocycles. The van der Waals surface area contributed by atoms with Crippen LogP contribution in [0.25, 0.3) is 99.5 Å². The first kappa shape index (κ1) is 33.9. The molecule has 0 atom stereocenters. The highest BCUT2D eigenvalue weighted by Crippen LogP contribution is 2.44. The van der Waals surface area contributed by atoms with Crippen LogP contribution < -0.4 is 0 Å². The lowest BCUT2D eigenvalue weighted by molar-refractivity contribution is 1.18. The molecular weight excluding hydrogens is 701 g/mol. The Hall–Kier alpha value is -7.42. The molecule has 0 aliphatic carbocycles. The second-order valence-electron chi connectivity index (χ2n) is 15.5. The van der Waals surface area contributed by atoms with Gasteiger partial charge in [-0.2, -0.15) is 0 Å². The number of hydrogen-bond acceptors (Lipinski definition) is 0. The number of rotatable bonds is 6. The van der Waals surface area contributed by atoms with Gasteiger partial charge in [0.2, 0.25) is 0 Å². The lowest BCUT2D eigenvalue weighted by Crippen LogP contribution is -1.96. The van der Waals surface area contributed by atoms with E-state index in [0.717, 1.165) is 11.4 Å². The summed E-state index contributed by atoms with van der Waals surface area (Å²) in [7, 11) is 0. The second kappa shape index (κ2) is 13.7. The molecule has 11 aromatic rings. The summed E-state index contributed by atoms with van der Waals surface area (Å²) in [6, 6.07) is 75.8. The summed E-state index contributed by atoms with van der Waals surface area (Å²) in [6.45, 7) is 4.34. The van der Waals surface area contributed by atoms with Crippen LogP contribution in [0.2, 0.25) is 0 Å². The van der Waals surface area contributed by atoms with Crippen LogP contribution in [0.3, 0.4) is 0 Å². The van der Waals surface area contributed by atoms with Crippen molar-refractivity contribution in [1.29, 1.82) is 0 Å². The Balaban J connectivity index is 1.09. The van der Waals surface area contributed by atoms with E-state index >= 15 is 0 Å². The number of aromatic nitrogens is 2. The largest absolute Gasteiger partial charge is 0.309 e. The van der Waals surface area contributed by atoms with Crippen LogP contribution in [0.1, 0.15) is 11.1 Å². The fourth-order valence-electron chi connectivity index (χ4n) is 9.12. The van der Waals surface area contributed by atoms with Crippen LogP contribution >= 0.6 is 0 Å². The maximum atomic E-state index is 2.40. The highest BCUT2D eigenvalue weighted by molar-refractivity contribution is 6.10. The quantitative estimate of drug-likeness (QED) is 0.161. The second-order valence-corrected chi connectivity index (χ2v) is 15.5. The van der Waals surface area contributed by atoms with E-state index in [0.29, 0.717) is 0 Å². The Kier molecular flexibility index (Phi) is 7.97. The van der Waals surface area contributed by atoms with Crippen molar-refractivity contribution in [2.45, 2.75) is 13.8 Å². The Morgan fingerprint density at radius 1 is 0.276 bits per heavy atom. The van der Waals surface area contributed by atoms with E-state index in [1.807, 2.05) is 0 Å². The fourth-order valence-corrected chi connectivity index (χ4v) is 9.12. The van der Waals surface area contributed by atoms with Gasteiger partial charge < -0.3 is 9.13 Å². The van der Waals surface area contributed by atoms with Crippen molar-refractivity contribution >= 4 is 43.6 Å². The predicted octanol–water partition coefficient (Wildman–Crippen LogP) is 15.2. The third kappa shape index (κ3) is 5.56. The Labute approximate surface area is 338 Å². The summed E-state index contributed by atoms with van der Waals surface area (Å²) in [5.74, 6) is 0. The molecule has 58 heavy (non-hydrogen) atoms. The first-order valence-electron chi connectivity index (χ1n) is 20.1. The molecule has 0 fully saturated rings. The lowest BCUT2D eigenvalue weighted by Gasteiger charge is -2.20. The molecule has 0 bridgehead atoms. The Morgan fingerprint density at radius 2 is 0.672 bits per heavy atom. The summed E-state index contributed by atoms with van der Waals surface area (Å²) >= 11 is 0. The number of nitrogens with zero attached hydrogens (tertiary/aromatic N) is 2. The first-order valence-corrected chi connectivity index (χ1v) is 20.1. The third-order valence-corrected chi connectivity index (χ3v) is 11.8. The van der Waals surface area contributed by atoms with Gasteiger partial charge in [0, 0.05) is 32.9 Å². The molecule has 2 aromatic heterocycles. The van der Waals surface area contributed by atoms with Gasteiger partial charge in [-0.1, -0.05) is 145 Å². The monoisotopic (exact) mass is 740 g/mol. The van der Waals surface area contributed by atoms with E-state index < -0.39 is 0 Å². The topological polar surface area (TPSA) is 9.86 Å². The van der Waals surface area contributed by atoms with Crippen molar-refractivity contribution in [3.8, 4) is 55.9 Å². The number of hydrogen-bond donors (Lipinski definition) is 0. The molecular formula is C56H40N2. The zero-order valence-electron chi connectivity index (χ0n) is 32.5. The molecule has 11 rings (SSSR count). The highest BCUT2D eigenvalue weighted by Gasteiger charge is 2.19. The molecule has 0 N–H and O–H groups in total. The maximum absolute atomic E-state index is 2.40. The van der Waals surface area contributed by atoms with E-state index in [1.165, 1.54) is 99.2 Å². The summed E-state index contributed by atoms with van der Waals surface area (Å²) < 4.78 is 4.80. The van der Waals surface area contributed by atoms with Gasteiger partial charge in [0.25, 0.3) is 0 Å². The standard InChI is InChI=1S/C56H40N2/c1-37-21-31-54-50(33-37)46-17-9-11-19-52(46)57(54)44-27-23-39(24-28-44)43-35-48(40-13-5-3-6-14-40)56(42-15-7-4-8-16-42)49(36-43)41-25-29-45(30-26-41)58-53-20-12-10-18-47(53)51-34-38(2)22-32-55(51)58/h3-36H,1-2H3. The average Bonchev–Trinajstić information content (AvgIpc) is 3.78. The van der Waals surface area contributed by atoms with Crippen molar-refractivity contribution in [2.75, 3.05) is 0 Å². The van der Waals surface area contributed by atoms with Gasteiger partial charge in [0.1, 0.15) is 0 Å². The van der Waals surface area contributed by atoms with Crippen molar-refractivity contribution in [2.24, 2.45) is 0 Å². The minimum absolute atomic E-state index is 1.15. The molecule has 2 heterocycles. The van der Waals surface area contributed by atoms with Gasteiger partial charge in [0.15, 0.2) is 0 Å². The van der Waals surface area contributed by atoms with E-state index in [4.69, 9.17) is 0 Å². The van der Waals surface area contributed by atoms with Gasteiger partial charge >= 0.3 is 0 Å². The minimum Gasteiger partial charge on any atom is -0.309 e. The minimum atomic E-state index is 1.15. The van der Waals surface area contributed by atoms with Gasteiger partial charge in [0.05, 0.1) is 22.1 Å². The van der Waals surface area contributed by atoms with Gasteiger partial charge in [-0.3, -0.25) is 0 Å². The smallest absolute Gasteiger partial charge is 0.0541 e. The zero-order chi connectivity index (χ0) is 38.7. The lowest BCUT2D eigenvalue weighted by atomic mass is 9.84. The third-order valence-electron chi connectivity index (χ3n) is 11.8. The number of para-hydroxylation sites is 2. The Bertz CT molecular complexity index is 3310. The van der Waals surface area contributed by atoms with Crippen LogP contribution in [-0.4, -0.2) is 9.13 Å². The molecule has 2 heteroatoms. The van der Waals surface area contributed by atoms with Gasteiger partial charge in [-0.05, 0) is 131 Å². The summed E-state index contributed by atoms with van der Waals surface area (Å²) in [6.07, 6.45) is 0. The van der Waals surface area contributed by atoms with Crippen molar-refractivity contribution in [3.05, 3.63) is 217 Å². The molecule has 0 amide bonds. The molecule has 0 radical (unpaired) electrons. The normalized spacial score (nSPS) is 11.6. The van der Waals surface area contributed by atoms with Crippen LogP contribution in [0.5, 0.6) is 0 Å². The molecule has 0 aliphatic heterocycles. The average molecular weight is 741 g/mol. The van der Waals surface area contributed by atoms with Crippen molar-refractivity contribution in [3.63, 3.8) is 0 Å². The van der Waals surface area contributed by atoms with Crippen LogP contribution in [0, 0.1) is 13.8 Å². The van der Waals surface area contributed by atoms with Crippen LogP contribution in [-0.2, 0) is 0 Å². The van der Waals surface area contributed by atoms with E-state index in [-0.39, 0.29) is 0 Å².